The van der Waals surface area contributed by atoms with Crippen LogP contribution in [0, 0.1) is 20.8 Å². The lowest BCUT2D eigenvalue weighted by Gasteiger charge is -2.12. The van der Waals surface area contributed by atoms with Crippen molar-refractivity contribution < 1.29 is 8.42 Å². The zero-order chi connectivity index (χ0) is 13.3. The van der Waals surface area contributed by atoms with E-state index in [1.165, 1.54) is 0 Å². The molecule has 0 fully saturated rings. The largest absolute Gasteiger partial charge is 0.218 e. The Hall–Kier alpha value is -1.61. The standard InChI is InChI=1S/C15H16O2S/c1-11-9-12(2)15(13(3)10-11)18(16,17)14-7-5-4-6-8-14/h4-10H,1-3H3. The third-order valence-electron chi connectivity index (χ3n) is 2.93. The van der Waals surface area contributed by atoms with Gasteiger partial charge >= 0.3 is 0 Å². The van der Waals surface area contributed by atoms with Crippen molar-refractivity contribution in [3.8, 4) is 0 Å². The van der Waals surface area contributed by atoms with E-state index in [0.29, 0.717) is 9.79 Å². The fourth-order valence-corrected chi connectivity index (χ4v) is 4.02. The Labute approximate surface area is 108 Å². The molecule has 2 rings (SSSR count). The van der Waals surface area contributed by atoms with E-state index in [1.54, 1.807) is 24.3 Å². The van der Waals surface area contributed by atoms with Crippen molar-refractivity contribution in [1.29, 1.82) is 0 Å². The van der Waals surface area contributed by atoms with Gasteiger partial charge in [0.15, 0.2) is 0 Å². The van der Waals surface area contributed by atoms with Crippen LogP contribution in [0.15, 0.2) is 52.3 Å². The lowest BCUT2D eigenvalue weighted by atomic mass is 10.1. The van der Waals surface area contributed by atoms with E-state index in [-0.39, 0.29) is 0 Å². The Kier molecular flexibility index (Phi) is 3.26. The molecule has 0 amide bonds. The number of hydrogen-bond acceptors (Lipinski definition) is 2. The van der Waals surface area contributed by atoms with Crippen LogP contribution in [0.5, 0.6) is 0 Å². The maximum absolute atomic E-state index is 12.6. The molecule has 0 radical (unpaired) electrons. The molecule has 0 saturated carbocycles. The molecule has 0 bridgehead atoms. The van der Waals surface area contributed by atoms with Crippen LogP contribution in [-0.2, 0) is 9.84 Å². The molecule has 0 aliphatic carbocycles. The summed E-state index contributed by atoms with van der Waals surface area (Å²) in [7, 11) is -3.42. The average molecular weight is 260 g/mol. The van der Waals surface area contributed by atoms with Gasteiger partial charge in [-0.05, 0) is 44.0 Å². The topological polar surface area (TPSA) is 34.1 Å². The summed E-state index contributed by atoms with van der Waals surface area (Å²) in [5.41, 5.74) is 2.68. The van der Waals surface area contributed by atoms with Crippen molar-refractivity contribution in [3.63, 3.8) is 0 Å². The summed E-state index contributed by atoms with van der Waals surface area (Å²) < 4.78 is 25.2. The Morgan fingerprint density at radius 1 is 0.833 bits per heavy atom. The predicted octanol–water partition coefficient (Wildman–Crippen LogP) is 3.44. The highest BCUT2D eigenvalue weighted by Crippen LogP contribution is 2.27. The number of benzene rings is 2. The number of sulfone groups is 1. The van der Waals surface area contributed by atoms with Gasteiger partial charge < -0.3 is 0 Å². The third-order valence-corrected chi connectivity index (χ3v) is 5.00. The van der Waals surface area contributed by atoms with Gasteiger partial charge in [0.2, 0.25) is 9.84 Å². The first kappa shape index (κ1) is 12.8. The van der Waals surface area contributed by atoms with Gasteiger partial charge in [0.05, 0.1) is 9.79 Å². The minimum absolute atomic E-state index is 0.347. The molecule has 0 aliphatic rings. The maximum Gasteiger partial charge on any atom is 0.207 e. The van der Waals surface area contributed by atoms with Crippen molar-refractivity contribution in [1.82, 2.24) is 0 Å². The molecule has 0 aromatic heterocycles. The number of rotatable bonds is 2. The predicted molar refractivity (Wildman–Crippen MR) is 72.5 cm³/mol. The second-order valence-electron chi connectivity index (χ2n) is 4.54. The summed E-state index contributed by atoms with van der Waals surface area (Å²) in [6, 6.07) is 12.4. The van der Waals surface area contributed by atoms with Crippen LogP contribution >= 0.6 is 0 Å². The van der Waals surface area contributed by atoms with E-state index < -0.39 is 9.84 Å². The van der Waals surface area contributed by atoms with Gasteiger partial charge in [-0.25, -0.2) is 8.42 Å². The summed E-state index contributed by atoms with van der Waals surface area (Å²) in [5.74, 6) is 0. The molecule has 0 N–H and O–H groups in total. The first-order chi connectivity index (χ1) is 8.43. The van der Waals surface area contributed by atoms with E-state index in [1.807, 2.05) is 39.0 Å². The summed E-state index contributed by atoms with van der Waals surface area (Å²) >= 11 is 0. The number of aryl methyl sites for hydroxylation is 3. The van der Waals surface area contributed by atoms with Crippen LogP contribution < -0.4 is 0 Å². The summed E-state index contributed by atoms with van der Waals surface area (Å²) in [6.07, 6.45) is 0. The molecule has 0 aliphatic heterocycles. The molecule has 0 atom stereocenters. The first-order valence-electron chi connectivity index (χ1n) is 5.81. The van der Waals surface area contributed by atoms with E-state index in [4.69, 9.17) is 0 Å². The maximum atomic E-state index is 12.6. The SMILES string of the molecule is Cc1cc(C)c(S(=O)(=O)c2ccccc2)c(C)c1. The van der Waals surface area contributed by atoms with Gasteiger partial charge in [-0.15, -0.1) is 0 Å². The molecular weight excluding hydrogens is 244 g/mol. The van der Waals surface area contributed by atoms with E-state index >= 15 is 0 Å². The molecule has 3 heteroatoms. The average Bonchev–Trinajstić information content (AvgIpc) is 2.28. The van der Waals surface area contributed by atoms with Gasteiger partial charge in [0.1, 0.15) is 0 Å². The highest BCUT2D eigenvalue weighted by atomic mass is 32.2. The van der Waals surface area contributed by atoms with Gasteiger partial charge in [-0.1, -0.05) is 35.9 Å². The smallest absolute Gasteiger partial charge is 0.207 e. The Balaban J connectivity index is 2.70. The third kappa shape index (κ3) is 2.18. The molecule has 2 aromatic carbocycles. The fraction of sp³-hybridized carbons (Fsp3) is 0.200. The molecule has 2 nitrogen and oxygen atoms in total. The molecule has 18 heavy (non-hydrogen) atoms. The van der Waals surface area contributed by atoms with Gasteiger partial charge in [-0.2, -0.15) is 0 Å². The Morgan fingerprint density at radius 3 is 1.83 bits per heavy atom. The Morgan fingerprint density at radius 2 is 1.33 bits per heavy atom. The monoisotopic (exact) mass is 260 g/mol. The summed E-state index contributed by atoms with van der Waals surface area (Å²) in [4.78, 5) is 0.777. The van der Waals surface area contributed by atoms with E-state index in [2.05, 4.69) is 0 Å². The highest BCUT2D eigenvalue weighted by molar-refractivity contribution is 7.91. The minimum Gasteiger partial charge on any atom is -0.218 e. The number of hydrogen-bond donors (Lipinski definition) is 0. The van der Waals surface area contributed by atoms with E-state index in [0.717, 1.165) is 16.7 Å². The van der Waals surface area contributed by atoms with Crippen molar-refractivity contribution >= 4 is 9.84 Å². The van der Waals surface area contributed by atoms with Gasteiger partial charge in [-0.3, -0.25) is 0 Å². The second kappa shape index (κ2) is 4.58. The molecule has 0 spiro atoms. The lowest BCUT2D eigenvalue weighted by molar-refractivity contribution is 0.595. The minimum atomic E-state index is -3.42. The Bertz CT molecular complexity index is 648. The van der Waals surface area contributed by atoms with Crippen LogP contribution in [0.2, 0.25) is 0 Å². The van der Waals surface area contributed by atoms with Crippen molar-refractivity contribution in [3.05, 3.63) is 59.2 Å². The normalized spacial score (nSPS) is 11.5. The first-order valence-corrected chi connectivity index (χ1v) is 7.29. The van der Waals surface area contributed by atoms with Crippen LogP contribution in [0.1, 0.15) is 16.7 Å². The van der Waals surface area contributed by atoms with Crippen molar-refractivity contribution in [2.45, 2.75) is 30.6 Å². The van der Waals surface area contributed by atoms with Crippen LogP contribution in [-0.4, -0.2) is 8.42 Å². The fourth-order valence-electron chi connectivity index (χ4n) is 2.31. The summed E-state index contributed by atoms with van der Waals surface area (Å²) in [6.45, 7) is 5.66. The van der Waals surface area contributed by atoms with Crippen LogP contribution in [0.4, 0.5) is 0 Å². The highest BCUT2D eigenvalue weighted by Gasteiger charge is 2.21. The molecule has 0 heterocycles. The quantitative estimate of drug-likeness (QED) is 0.829. The zero-order valence-electron chi connectivity index (χ0n) is 10.8. The van der Waals surface area contributed by atoms with Crippen LogP contribution in [0.3, 0.4) is 0 Å². The summed E-state index contributed by atoms with van der Waals surface area (Å²) in [5, 5.41) is 0. The van der Waals surface area contributed by atoms with Crippen molar-refractivity contribution in [2.75, 3.05) is 0 Å². The van der Waals surface area contributed by atoms with Crippen molar-refractivity contribution in [2.24, 2.45) is 0 Å². The molecular formula is C15H16O2S. The molecule has 94 valence electrons. The second-order valence-corrected chi connectivity index (χ2v) is 6.43. The molecule has 0 unspecified atom stereocenters. The lowest BCUT2D eigenvalue weighted by Crippen LogP contribution is -2.06. The van der Waals surface area contributed by atoms with E-state index in [9.17, 15) is 8.42 Å². The molecule has 2 aromatic rings. The molecule has 0 saturated heterocycles. The van der Waals surface area contributed by atoms with Crippen LogP contribution in [0.25, 0.3) is 0 Å². The van der Waals surface area contributed by atoms with Gasteiger partial charge in [0.25, 0.3) is 0 Å². The van der Waals surface area contributed by atoms with Gasteiger partial charge in [0, 0.05) is 0 Å². The zero-order valence-corrected chi connectivity index (χ0v) is 11.6.